The normalized spacial score (nSPS) is 26.3. The van der Waals surface area contributed by atoms with E-state index in [0.717, 1.165) is 30.2 Å². The van der Waals surface area contributed by atoms with Crippen molar-refractivity contribution in [3.05, 3.63) is 34.9 Å². The van der Waals surface area contributed by atoms with Gasteiger partial charge in [0.15, 0.2) is 0 Å². The second kappa shape index (κ2) is 7.45. The van der Waals surface area contributed by atoms with Crippen LogP contribution in [0.25, 0.3) is 0 Å². The summed E-state index contributed by atoms with van der Waals surface area (Å²) in [4.78, 5) is 0. The van der Waals surface area contributed by atoms with Gasteiger partial charge in [-0.05, 0) is 74.6 Å². The average Bonchev–Trinajstić information content (AvgIpc) is 2.40. The fraction of sp³-hybridized carbons (Fsp3) is 0.700. The van der Waals surface area contributed by atoms with E-state index in [1.807, 2.05) is 0 Å². The van der Waals surface area contributed by atoms with Gasteiger partial charge in [0.1, 0.15) is 0 Å². The van der Waals surface area contributed by atoms with Crippen molar-refractivity contribution < 1.29 is 0 Å². The first-order chi connectivity index (χ1) is 9.97. The molecule has 3 atom stereocenters. The SMILES string of the molecule is Cc1ccc(C2CC(C)CCC2CNCC(C)C)c(C)c1. The molecule has 0 spiro atoms. The van der Waals surface area contributed by atoms with Crippen LogP contribution < -0.4 is 5.32 Å². The van der Waals surface area contributed by atoms with Gasteiger partial charge in [0, 0.05) is 0 Å². The van der Waals surface area contributed by atoms with Crippen LogP contribution in [0.2, 0.25) is 0 Å². The number of nitrogens with one attached hydrogen (secondary N) is 1. The molecule has 1 aliphatic carbocycles. The average molecular weight is 287 g/mol. The summed E-state index contributed by atoms with van der Waals surface area (Å²) in [5.41, 5.74) is 4.47. The smallest absolute Gasteiger partial charge is 0.00146 e. The lowest BCUT2D eigenvalue weighted by atomic mass is 9.70. The quantitative estimate of drug-likeness (QED) is 0.797. The van der Waals surface area contributed by atoms with E-state index in [1.54, 1.807) is 5.56 Å². The van der Waals surface area contributed by atoms with Crippen molar-refractivity contribution in [3.8, 4) is 0 Å². The highest BCUT2D eigenvalue weighted by Crippen LogP contribution is 2.41. The van der Waals surface area contributed by atoms with Crippen LogP contribution in [0.5, 0.6) is 0 Å². The zero-order chi connectivity index (χ0) is 15.4. The minimum absolute atomic E-state index is 0.743. The predicted molar refractivity (Wildman–Crippen MR) is 92.9 cm³/mol. The van der Waals surface area contributed by atoms with Gasteiger partial charge < -0.3 is 5.32 Å². The Labute approximate surface area is 131 Å². The number of hydrogen-bond acceptors (Lipinski definition) is 1. The summed E-state index contributed by atoms with van der Waals surface area (Å²) in [7, 11) is 0. The largest absolute Gasteiger partial charge is 0.316 e. The van der Waals surface area contributed by atoms with E-state index in [1.165, 1.54) is 36.9 Å². The molecule has 0 radical (unpaired) electrons. The number of rotatable bonds is 5. The summed E-state index contributed by atoms with van der Waals surface area (Å²) in [5.74, 6) is 3.17. The minimum Gasteiger partial charge on any atom is -0.316 e. The molecule has 1 aromatic rings. The first kappa shape index (κ1) is 16.5. The maximum atomic E-state index is 3.70. The second-order valence-electron chi connectivity index (χ2n) is 7.70. The summed E-state index contributed by atoms with van der Waals surface area (Å²) >= 11 is 0. The Kier molecular flexibility index (Phi) is 5.87. The minimum atomic E-state index is 0.743. The summed E-state index contributed by atoms with van der Waals surface area (Å²) in [6.07, 6.45) is 4.14. The Morgan fingerprint density at radius 3 is 2.62 bits per heavy atom. The van der Waals surface area contributed by atoms with Gasteiger partial charge in [0.2, 0.25) is 0 Å². The van der Waals surface area contributed by atoms with E-state index in [-0.39, 0.29) is 0 Å². The van der Waals surface area contributed by atoms with E-state index < -0.39 is 0 Å². The Morgan fingerprint density at radius 2 is 1.95 bits per heavy atom. The molecule has 1 saturated carbocycles. The molecule has 21 heavy (non-hydrogen) atoms. The van der Waals surface area contributed by atoms with Gasteiger partial charge in [-0.25, -0.2) is 0 Å². The van der Waals surface area contributed by atoms with Crippen molar-refractivity contribution in [2.75, 3.05) is 13.1 Å². The van der Waals surface area contributed by atoms with E-state index in [0.29, 0.717) is 0 Å². The standard InChI is InChI=1S/C20H33N/c1-14(2)12-21-13-18-8-6-16(4)11-20(18)19-9-7-15(3)10-17(19)5/h7,9-10,14,16,18,20-21H,6,8,11-13H2,1-5H3. The van der Waals surface area contributed by atoms with Gasteiger partial charge in [-0.3, -0.25) is 0 Å². The van der Waals surface area contributed by atoms with Gasteiger partial charge in [-0.2, -0.15) is 0 Å². The second-order valence-corrected chi connectivity index (χ2v) is 7.70. The van der Waals surface area contributed by atoms with Gasteiger partial charge in [0.25, 0.3) is 0 Å². The number of hydrogen-bond donors (Lipinski definition) is 1. The van der Waals surface area contributed by atoms with Crippen LogP contribution in [0.4, 0.5) is 0 Å². The fourth-order valence-corrected chi connectivity index (χ4v) is 3.87. The van der Waals surface area contributed by atoms with Crippen molar-refractivity contribution >= 4 is 0 Å². The van der Waals surface area contributed by atoms with Crippen molar-refractivity contribution in [1.82, 2.24) is 5.32 Å². The zero-order valence-electron chi connectivity index (χ0n) is 14.6. The molecule has 0 heterocycles. The fourth-order valence-electron chi connectivity index (χ4n) is 3.87. The molecule has 0 amide bonds. The van der Waals surface area contributed by atoms with Gasteiger partial charge in [-0.1, -0.05) is 51.0 Å². The summed E-state index contributed by atoms with van der Waals surface area (Å²) in [5, 5.41) is 3.70. The van der Waals surface area contributed by atoms with Crippen LogP contribution >= 0.6 is 0 Å². The molecule has 1 nitrogen and oxygen atoms in total. The molecule has 0 aromatic heterocycles. The van der Waals surface area contributed by atoms with E-state index in [4.69, 9.17) is 0 Å². The molecule has 1 aliphatic rings. The Morgan fingerprint density at radius 1 is 1.19 bits per heavy atom. The Balaban J connectivity index is 2.10. The molecule has 0 aliphatic heterocycles. The summed E-state index contributed by atoms with van der Waals surface area (Å²) < 4.78 is 0. The molecule has 1 fully saturated rings. The topological polar surface area (TPSA) is 12.0 Å². The predicted octanol–water partition coefficient (Wildman–Crippen LogP) is 5.07. The zero-order valence-corrected chi connectivity index (χ0v) is 14.6. The highest BCUT2D eigenvalue weighted by atomic mass is 14.9. The molecule has 118 valence electrons. The molecular weight excluding hydrogens is 254 g/mol. The highest BCUT2D eigenvalue weighted by Gasteiger charge is 2.30. The lowest BCUT2D eigenvalue weighted by Gasteiger charge is -2.36. The van der Waals surface area contributed by atoms with Crippen molar-refractivity contribution in [3.63, 3.8) is 0 Å². The molecule has 3 unspecified atom stereocenters. The van der Waals surface area contributed by atoms with E-state index >= 15 is 0 Å². The van der Waals surface area contributed by atoms with Crippen molar-refractivity contribution in [2.24, 2.45) is 17.8 Å². The molecular formula is C20H33N. The monoisotopic (exact) mass is 287 g/mol. The Bertz CT molecular complexity index is 449. The van der Waals surface area contributed by atoms with Crippen molar-refractivity contribution in [1.29, 1.82) is 0 Å². The molecule has 1 aromatic carbocycles. The number of benzene rings is 1. The van der Waals surface area contributed by atoms with Crippen LogP contribution in [0.3, 0.4) is 0 Å². The van der Waals surface area contributed by atoms with Gasteiger partial charge in [0.05, 0.1) is 0 Å². The maximum absolute atomic E-state index is 3.70. The van der Waals surface area contributed by atoms with E-state index in [2.05, 4.69) is 58.1 Å². The lowest BCUT2D eigenvalue weighted by molar-refractivity contribution is 0.239. The van der Waals surface area contributed by atoms with Crippen LogP contribution in [0.1, 0.15) is 62.6 Å². The third kappa shape index (κ3) is 4.57. The number of aryl methyl sites for hydroxylation is 2. The molecule has 1 N–H and O–H groups in total. The van der Waals surface area contributed by atoms with Gasteiger partial charge >= 0.3 is 0 Å². The summed E-state index contributed by atoms with van der Waals surface area (Å²) in [6.45, 7) is 13.8. The van der Waals surface area contributed by atoms with Gasteiger partial charge in [-0.15, -0.1) is 0 Å². The van der Waals surface area contributed by atoms with Crippen LogP contribution in [-0.2, 0) is 0 Å². The molecule has 2 rings (SSSR count). The molecule has 0 saturated heterocycles. The van der Waals surface area contributed by atoms with Crippen LogP contribution in [-0.4, -0.2) is 13.1 Å². The first-order valence-corrected chi connectivity index (χ1v) is 8.75. The van der Waals surface area contributed by atoms with Crippen LogP contribution in [0, 0.1) is 31.6 Å². The third-order valence-corrected chi connectivity index (χ3v) is 5.04. The maximum Gasteiger partial charge on any atom is -0.00146 e. The van der Waals surface area contributed by atoms with Crippen LogP contribution in [0.15, 0.2) is 18.2 Å². The first-order valence-electron chi connectivity index (χ1n) is 8.75. The lowest BCUT2D eigenvalue weighted by Crippen LogP contribution is -2.33. The van der Waals surface area contributed by atoms with E-state index in [9.17, 15) is 0 Å². The van der Waals surface area contributed by atoms with Crippen molar-refractivity contribution in [2.45, 2.75) is 59.8 Å². The third-order valence-electron chi connectivity index (χ3n) is 5.04. The Hall–Kier alpha value is -0.820. The molecule has 1 heteroatoms. The summed E-state index contributed by atoms with van der Waals surface area (Å²) in [6, 6.07) is 7.04. The highest BCUT2D eigenvalue weighted by molar-refractivity contribution is 5.34. The molecule has 0 bridgehead atoms.